The van der Waals surface area contributed by atoms with Gasteiger partial charge in [-0.3, -0.25) is 9.78 Å². The lowest BCUT2D eigenvalue weighted by Crippen LogP contribution is -2.32. The third-order valence-corrected chi connectivity index (χ3v) is 4.22. The number of carbonyl (C=O) groups excluding carboxylic acids is 1. The van der Waals surface area contributed by atoms with Crippen molar-refractivity contribution >= 4 is 5.91 Å². The minimum Gasteiger partial charge on any atom is -0.493 e. The molecule has 0 spiro atoms. The average molecular weight is 355 g/mol. The number of hydrogen-bond acceptors (Lipinski definition) is 5. The molecule has 0 unspecified atom stereocenters. The number of pyridine rings is 1. The van der Waals surface area contributed by atoms with Gasteiger partial charge in [0.15, 0.2) is 11.5 Å². The Morgan fingerprint density at radius 2 is 2.08 bits per heavy atom. The van der Waals surface area contributed by atoms with Crippen molar-refractivity contribution in [2.24, 2.45) is 5.92 Å². The van der Waals surface area contributed by atoms with Crippen molar-refractivity contribution in [1.29, 1.82) is 0 Å². The summed E-state index contributed by atoms with van der Waals surface area (Å²) in [5.41, 5.74) is 2.10. The fraction of sp³-hybridized carbons (Fsp3) is 0.400. The molecular weight excluding hydrogens is 330 g/mol. The van der Waals surface area contributed by atoms with E-state index in [-0.39, 0.29) is 11.8 Å². The zero-order valence-corrected chi connectivity index (χ0v) is 15.0. The first kappa shape index (κ1) is 18.2. The number of nitrogens with one attached hydrogen (secondary N) is 2. The van der Waals surface area contributed by atoms with E-state index < -0.39 is 0 Å². The van der Waals surface area contributed by atoms with Gasteiger partial charge in [-0.25, -0.2) is 0 Å². The molecule has 2 aromatic rings. The number of hydrogen-bond donors (Lipinski definition) is 2. The molecule has 0 aliphatic heterocycles. The molecule has 1 saturated carbocycles. The SMILES string of the molecule is COc1ccc(CNCCNC(=O)C2CC2)cc1OCc1cccnc1. The maximum Gasteiger partial charge on any atom is 0.223 e. The number of rotatable bonds is 10. The van der Waals surface area contributed by atoms with E-state index in [2.05, 4.69) is 15.6 Å². The summed E-state index contributed by atoms with van der Waals surface area (Å²) >= 11 is 0. The van der Waals surface area contributed by atoms with Crippen molar-refractivity contribution in [2.45, 2.75) is 26.0 Å². The van der Waals surface area contributed by atoms with Gasteiger partial charge in [-0.2, -0.15) is 0 Å². The molecule has 1 aromatic heterocycles. The topological polar surface area (TPSA) is 72.5 Å². The summed E-state index contributed by atoms with van der Waals surface area (Å²) in [4.78, 5) is 15.7. The van der Waals surface area contributed by atoms with Crippen molar-refractivity contribution in [3.8, 4) is 11.5 Å². The second-order valence-electron chi connectivity index (χ2n) is 6.38. The van der Waals surface area contributed by atoms with E-state index in [1.54, 1.807) is 19.5 Å². The molecular formula is C20H25N3O3. The second kappa shape index (κ2) is 9.20. The highest BCUT2D eigenvalue weighted by Crippen LogP contribution is 2.29. The number of benzene rings is 1. The van der Waals surface area contributed by atoms with Crippen molar-refractivity contribution in [1.82, 2.24) is 15.6 Å². The minimum atomic E-state index is 0.183. The lowest BCUT2D eigenvalue weighted by Gasteiger charge is -2.13. The van der Waals surface area contributed by atoms with Crippen LogP contribution in [0.1, 0.15) is 24.0 Å². The summed E-state index contributed by atoms with van der Waals surface area (Å²) in [7, 11) is 1.63. The molecule has 3 rings (SSSR count). The Kier molecular flexibility index (Phi) is 6.44. The van der Waals surface area contributed by atoms with Gasteiger partial charge in [0.25, 0.3) is 0 Å². The molecule has 2 N–H and O–H groups in total. The van der Waals surface area contributed by atoms with Crippen LogP contribution in [0.5, 0.6) is 11.5 Å². The van der Waals surface area contributed by atoms with Crippen molar-refractivity contribution in [3.05, 3.63) is 53.9 Å². The van der Waals surface area contributed by atoms with E-state index in [9.17, 15) is 4.79 Å². The Morgan fingerprint density at radius 3 is 2.81 bits per heavy atom. The van der Waals surface area contributed by atoms with Gasteiger partial charge in [0.1, 0.15) is 6.61 Å². The summed E-state index contributed by atoms with van der Waals surface area (Å²) in [5.74, 6) is 1.85. The van der Waals surface area contributed by atoms with Crippen LogP contribution >= 0.6 is 0 Å². The standard InChI is InChI=1S/C20H25N3O3/c1-25-18-7-4-15(12-22-9-10-23-20(24)17-5-6-17)11-19(18)26-14-16-3-2-8-21-13-16/h2-4,7-8,11,13,17,22H,5-6,9-10,12,14H2,1H3,(H,23,24). The summed E-state index contributed by atoms with van der Waals surface area (Å²) in [6, 6.07) is 9.75. The lowest BCUT2D eigenvalue weighted by atomic mass is 10.2. The molecule has 0 radical (unpaired) electrons. The Bertz CT molecular complexity index is 717. The van der Waals surface area contributed by atoms with Crippen molar-refractivity contribution < 1.29 is 14.3 Å². The number of carbonyl (C=O) groups is 1. The first-order chi connectivity index (χ1) is 12.8. The highest BCUT2D eigenvalue weighted by molar-refractivity contribution is 5.80. The monoisotopic (exact) mass is 355 g/mol. The van der Waals surface area contributed by atoms with E-state index in [0.717, 1.165) is 30.5 Å². The van der Waals surface area contributed by atoms with E-state index in [4.69, 9.17) is 9.47 Å². The molecule has 1 amide bonds. The smallest absolute Gasteiger partial charge is 0.223 e. The quantitative estimate of drug-likeness (QED) is 0.640. The Morgan fingerprint density at radius 1 is 1.19 bits per heavy atom. The molecule has 6 nitrogen and oxygen atoms in total. The maximum absolute atomic E-state index is 11.6. The van der Waals surface area contributed by atoms with Gasteiger partial charge < -0.3 is 20.1 Å². The van der Waals surface area contributed by atoms with Gasteiger partial charge >= 0.3 is 0 Å². The number of ether oxygens (including phenoxy) is 2. The molecule has 1 heterocycles. The number of amides is 1. The highest BCUT2D eigenvalue weighted by Gasteiger charge is 2.28. The number of aromatic nitrogens is 1. The normalized spacial score (nSPS) is 13.3. The van der Waals surface area contributed by atoms with Crippen LogP contribution in [0, 0.1) is 5.92 Å². The predicted molar refractivity (Wildman–Crippen MR) is 99.0 cm³/mol. The fourth-order valence-corrected chi connectivity index (χ4v) is 2.59. The van der Waals surface area contributed by atoms with E-state index in [1.807, 2.05) is 30.3 Å². The molecule has 138 valence electrons. The fourth-order valence-electron chi connectivity index (χ4n) is 2.59. The molecule has 0 bridgehead atoms. The van der Waals surface area contributed by atoms with Crippen LogP contribution in [0.3, 0.4) is 0 Å². The van der Waals surface area contributed by atoms with Crippen LogP contribution in [0.4, 0.5) is 0 Å². The van der Waals surface area contributed by atoms with Gasteiger partial charge in [0.05, 0.1) is 7.11 Å². The van der Waals surface area contributed by atoms with E-state index in [1.165, 1.54) is 0 Å². The predicted octanol–water partition coefficient (Wildman–Crippen LogP) is 2.29. The molecule has 6 heteroatoms. The van der Waals surface area contributed by atoms with E-state index >= 15 is 0 Å². The highest BCUT2D eigenvalue weighted by atomic mass is 16.5. The summed E-state index contributed by atoms with van der Waals surface area (Å²) in [6.07, 6.45) is 5.59. The van der Waals surface area contributed by atoms with Crippen LogP contribution in [0.15, 0.2) is 42.7 Å². The number of nitrogens with zero attached hydrogens (tertiary/aromatic N) is 1. The molecule has 0 saturated heterocycles. The van der Waals surface area contributed by atoms with Gasteiger partial charge in [-0.1, -0.05) is 12.1 Å². The third kappa shape index (κ3) is 5.46. The Labute approximate surface area is 153 Å². The Hall–Kier alpha value is -2.60. The first-order valence-corrected chi connectivity index (χ1v) is 8.93. The van der Waals surface area contributed by atoms with Gasteiger partial charge in [-0.05, 0) is 36.6 Å². The zero-order chi connectivity index (χ0) is 18.2. The summed E-state index contributed by atoms with van der Waals surface area (Å²) < 4.78 is 11.3. The third-order valence-electron chi connectivity index (χ3n) is 4.22. The van der Waals surface area contributed by atoms with Crippen LogP contribution in [-0.4, -0.2) is 31.1 Å². The maximum atomic E-state index is 11.6. The summed E-state index contributed by atoms with van der Waals surface area (Å²) in [5, 5.41) is 6.28. The van der Waals surface area contributed by atoms with Gasteiger partial charge in [0.2, 0.25) is 5.91 Å². The molecule has 1 aliphatic rings. The largest absolute Gasteiger partial charge is 0.493 e. The number of methoxy groups -OCH3 is 1. The second-order valence-corrected chi connectivity index (χ2v) is 6.38. The van der Waals surface area contributed by atoms with Gasteiger partial charge in [-0.15, -0.1) is 0 Å². The molecule has 1 fully saturated rings. The van der Waals surface area contributed by atoms with Crippen molar-refractivity contribution in [2.75, 3.05) is 20.2 Å². The van der Waals surface area contributed by atoms with E-state index in [0.29, 0.717) is 31.2 Å². The van der Waals surface area contributed by atoms with Crippen LogP contribution in [-0.2, 0) is 17.9 Å². The van der Waals surface area contributed by atoms with Crippen LogP contribution < -0.4 is 20.1 Å². The van der Waals surface area contributed by atoms with Crippen LogP contribution in [0.2, 0.25) is 0 Å². The molecule has 0 atom stereocenters. The average Bonchev–Trinajstić information content (AvgIpc) is 3.52. The first-order valence-electron chi connectivity index (χ1n) is 8.93. The Balaban J connectivity index is 1.47. The lowest BCUT2D eigenvalue weighted by molar-refractivity contribution is -0.122. The zero-order valence-electron chi connectivity index (χ0n) is 15.0. The molecule has 1 aromatic carbocycles. The van der Waals surface area contributed by atoms with Crippen LogP contribution in [0.25, 0.3) is 0 Å². The molecule has 1 aliphatic carbocycles. The van der Waals surface area contributed by atoms with Crippen molar-refractivity contribution in [3.63, 3.8) is 0 Å². The van der Waals surface area contributed by atoms with Gasteiger partial charge in [0, 0.05) is 43.5 Å². The minimum absolute atomic E-state index is 0.183. The molecule has 26 heavy (non-hydrogen) atoms. The summed E-state index contributed by atoms with van der Waals surface area (Å²) in [6.45, 7) is 2.52.